The fourth-order valence-electron chi connectivity index (χ4n) is 3.33. The number of esters is 1. The molecule has 250 valence electrons. The van der Waals surface area contributed by atoms with Crippen LogP contribution in [0.15, 0.2) is 6.33 Å². The van der Waals surface area contributed by atoms with Crippen LogP contribution in [0.4, 0.5) is 10.3 Å². The molecule has 2 rings (SSSR count). The number of imidazole rings is 1. The molecule has 0 aromatic carbocycles. The van der Waals surface area contributed by atoms with Crippen molar-refractivity contribution in [3.05, 3.63) is 6.33 Å². The maximum atomic E-state index is 14.3. The summed E-state index contributed by atoms with van der Waals surface area (Å²) in [6, 6.07) is -1.15. The molecule has 0 bridgehead atoms. The zero-order valence-corrected chi connectivity index (χ0v) is 28.2. The van der Waals surface area contributed by atoms with E-state index in [-0.39, 0.29) is 47.1 Å². The molecule has 4 N–H and O–H groups in total. The van der Waals surface area contributed by atoms with Gasteiger partial charge in [0, 0.05) is 11.2 Å². The minimum atomic E-state index is -4.33. The van der Waals surface area contributed by atoms with Gasteiger partial charge in [-0.25, -0.2) is 19.0 Å². The van der Waals surface area contributed by atoms with Crippen LogP contribution in [0.3, 0.4) is 0 Å². The molecule has 15 nitrogen and oxygen atoms in total. The van der Waals surface area contributed by atoms with Crippen molar-refractivity contribution in [1.29, 1.82) is 0 Å². The first-order valence-electron chi connectivity index (χ1n) is 13.7. The van der Waals surface area contributed by atoms with Crippen LogP contribution in [-0.2, 0) is 32.7 Å². The molecule has 2 aromatic heterocycles. The number of ether oxygens (including phenoxy) is 3. The zero-order chi connectivity index (χ0) is 33.2. The van der Waals surface area contributed by atoms with Crippen LogP contribution in [0.1, 0.15) is 54.7 Å². The number of carbonyl (C=O) groups is 2. The Bertz CT molecular complexity index is 1300. The molecule has 5 atom stereocenters. The number of aromatic nitrogens is 4. The van der Waals surface area contributed by atoms with E-state index in [1.54, 1.807) is 41.5 Å². The monoisotopic (exact) mass is 686 g/mol. The van der Waals surface area contributed by atoms with Crippen LogP contribution in [0.5, 0.6) is 5.88 Å². The predicted octanol–water partition coefficient (Wildman–Crippen LogP) is 3.59. The van der Waals surface area contributed by atoms with Crippen molar-refractivity contribution in [2.45, 2.75) is 78.5 Å². The van der Waals surface area contributed by atoms with Gasteiger partial charge in [0.25, 0.3) is 0 Å². The second-order valence-electron chi connectivity index (χ2n) is 10.6. The third kappa shape index (κ3) is 11.4. The van der Waals surface area contributed by atoms with Gasteiger partial charge in [-0.05, 0) is 27.7 Å². The summed E-state index contributed by atoms with van der Waals surface area (Å²) < 4.78 is 56.5. The van der Waals surface area contributed by atoms with E-state index in [0.717, 1.165) is 11.8 Å². The van der Waals surface area contributed by atoms with Gasteiger partial charge >= 0.3 is 13.7 Å². The van der Waals surface area contributed by atoms with Crippen LogP contribution in [-0.4, -0.2) is 91.8 Å². The summed E-state index contributed by atoms with van der Waals surface area (Å²) in [5, 5.41) is 12.6. The number of hydrogen-bond donors (Lipinski definition) is 3. The number of fused-ring (bicyclic) bond motifs is 1. The molecule has 0 radical (unpaired) electrons. The Morgan fingerprint density at radius 3 is 2.50 bits per heavy atom. The molecule has 0 amide bonds. The number of nitrogen functional groups attached to an aromatic ring is 1. The molecule has 44 heavy (non-hydrogen) atoms. The number of nitrogens with zero attached hydrogens (tertiary/aromatic N) is 4. The first-order valence-corrected chi connectivity index (χ1v) is 16.7. The third-order valence-corrected chi connectivity index (χ3v) is 8.67. The lowest BCUT2D eigenvalue weighted by Gasteiger charge is -2.28. The number of aliphatic hydroxyl groups is 1. The average molecular weight is 687 g/mol. The molecule has 0 saturated carbocycles. The van der Waals surface area contributed by atoms with Crippen LogP contribution in [0, 0.1) is 5.41 Å². The average Bonchev–Trinajstić information content (AvgIpc) is 3.34. The Morgan fingerprint density at radius 1 is 1.25 bits per heavy atom. The first kappa shape index (κ1) is 38.1. The Balaban J connectivity index is 2.24. The predicted molar refractivity (Wildman–Crippen MR) is 163 cm³/mol. The summed E-state index contributed by atoms with van der Waals surface area (Å²) in [5.41, 5.74) is 3.68. The third-order valence-electron chi connectivity index (χ3n) is 5.42. The SMILES string of the molecule is CCOc1nc(N)nc2c1ncn2[C@@H](CF)O[C@H](COP(=O)(NC(C)C(=O)OC(C)C)OCCSC(=O)C(C)(C)C)[C@@H](O)Cl. The maximum absolute atomic E-state index is 14.3. The maximum Gasteiger partial charge on any atom is 0.406 e. The van der Waals surface area contributed by atoms with Gasteiger partial charge in [-0.15, -0.1) is 0 Å². The summed E-state index contributed by atoms with van der Waals surface area (Å²) in [6.07, 6.45) is -2.15. The summed E-state index contributed by atoms with van der Waals surface area (Å²) in [6.45, 7) is 9.92. The lowest BCUT2D eigenvalue weighted by atomic mass is 10.00. The lowest BCUT2D eigenvalue weighted by Crippen LogP contribution is -2.38. The molecule has 2 unspecified atom stereocenters. The van der Waals surface area contributed by atoms with Crippen molar-refractivity contribution in [1.82, 2.24) is 24.6 Å². The number of carbonyl (C=O) groups excluding carboxylic acids is 2. The van der Waals surface area contributed by atoms with Crippen molar-refractivity contribution >= 4 is 59.3 Å². The van der Waals surface area contributed by atoms with E-state index >= 15 is 0 Å². The van der Waals surface area contributed by atoms with Gasteiger partial charge in [-0.1, -0.05) is 44.1 Å². The second-order valence-corrected chi connectivity index (χ2v) is 13.9. The number of thioether (sulfide) groups is 1. The van der Waals surface area contributed by atoms with Gasteiger partial charge in [-0.3, -0.25) is 23.2 Å². The van der Waals surface area contributed by atoms with Gasteiger partial charge in [-0.2, -0.15) is 9.97 Å². The van der Waals surface area contributed by atoms with E-state index in [4.69, 9.17) is 40.6 Å². The van der Waals surface area contributed by atoms with Gasteiger partial charge in [0.1, 0.15) is 18.8 Å². The summed E-state index contributed by atoms with van der Waals surface area (Å²) in [7, 11) is -4.33. The van der Waals surface area contributed by atoms with E-state index in [1.807, 2.05) is 0 Å². The molecule has 0 saturated heterocycles. The number of alkyl halides is 2. The molecule has 0 fully saturated rings. The van der Waals surface area contributed by atoms with Crippen LogP contribution in [0.2, 0.25) is 0 Å². The molecule has 0 aliphatic rings. The normalized spacial score (nSPS) is 16.3. The van der Waals surface area contributed by atoms with Crippen molar-refractivity contribution < 1.29 is 46.9 Å². The summed E-state index contributed by atoms with van der Waals surface area (Å²) in [4.78, 5) is 36.9. The molecule has 0 spiro atoms. The van der Waals surface area contributed by atoms with Crippen LogP contribution < -0.4 is 15.6 Å². The van der Waals surface area contributed by atoms with Gasteiger partial charge in [0.05, 0.1) is 32.3 Å². The molecule has 0 aliphatic heterocycles. The summed E-state index contributed by atoms with van der Waals surface area (Å²) >= 11 is 6.91. The van der Waals surface area contributed by atoms with E-state index < -0.39 is 62.5 Å². The fraction of sp³-hybridized carbons (Fsp3) is 0.720. The number of anilines is 1. The van der Waals surface area contributed by atoms with Crippen molar-refractivity contribution in [2.75, 3.05) is 38.0 Å². The van der Waals surface area contributed by atoms with Crippen molar-refractivity contribution in [3.8, 4) is 5.88 Å². The minimum Gasteiger partial charge on any atom is -0.476 e. The largest absolute Gasteiger partial charge is 0.476 e. The highest BCUT2D eigenvalue weighted by Gasteiger charge is 2.35. The topological polar surface area (TPSA) is 199 Å². The molecule has 2 aromatic rings. The molecular weight excluding hydrogens is 646 g/mol. The Labute approximate surface area is 264 Å². The van der Waals surface area contributed by atoms with E-state index in [1.165, 1.54) is 17.8 Å². The molecular formula is C25H41ClFN6O9PS. The van der Waals surface area contributed by atoms with E-state index in [2.05, 4.69) is 20.0 Å². The molecule has 2 heterocycles. The number of halogens is 2. The zero-order valence-electron chi connectivity index (χ0n) is 25.7. The van der Waals surface area contributed by atoms with Crippen molar-refractivity contribution in [3.63, 3.8) is 0 Å². The highest BCUT2D eigenvalue weighted by atomic mass is 35.5. The second kappa shape index (κ2) is 17.0. The highest BCUT2D eigenvalue weighted by molar-refractivity contribution is 8.13. The first-order chi connectivity index (χ1) is 20.5. The highest BCUT2D eigenvalue weighted by Crippen LogP contribution is 2.45. The van der Waals surface area contributed by atoms with Gasteiger partial charge < -0.3 is 25.1 Å². The molecule has 0 aliphatic carbocycles. The smallest absolute Gasteiger partial charge is 0.406 e. The van der Waals surface area contributed by atoms with Crippen LogP contribution in [0.25, 0.3) is 11.2 Å². The lowest BCUT2D eigenvalue weighted by molar-refractivity contribution is -0.149. The van der Waals surface area contributed by atoms with Gasteiger partial charge in [0.15, 0.2) is 28.1 Å². The number of aliphatic hydroxyl groups excluding tert-OH is 1. The van der Waals surface area contributed by atoms with Crippen molar-refractivity contribution in [2.24, 2.45) is 5.41 Å². The van der Waals surface area contributed by atoms with Gasteiger partial charge in [0.2, 0.25) is 11.8 Å². The molecule has 19 heteroatoms. The summed E-state index contributed by atoms with van der Waals surface area (Å²) in [5.74, 6) is -0.679. The number of nitrogens with one attached hydrogen (secondary N) is 1. The van der Waals surface area contributed by atoms with Crippen LogP contribution >= 0.6 is 31.1 Å². The Morgan fingerprint density at radius 2 is 1.93 bits per heavy atom. The Hall–Kier alpha value is -2.11. The Kier molecular flexibility index (Phi) is 14.7. The van der Waals surface area contributed by atoms with E-state index in [0.29, 0.717) is 0 Å². The van der Waals surface area contributed by atoms with E-state index in [9.17, 15) is 23.7 Å². The number of nitrogens with two attached hydrogens (primary N) is 1. The standard InChI is InChI=1S/C25H41ClFN6O9PS/c1-8-38-21-18-20(30-24(28)31-21)33(13-29-18)17(11-27)42-16(19(26)34)12-40-43(37,32-15(4)22(35)41-14(2)3)39-9-10-44-23(36)25(5,6)7/h13-17,19,34H,8-12H2,1-7H3,(H,32,37)(H2,28,30,31)/t15?,16-,17-,19-,43?/m1/s1. The number of hydrogen-bond acceptors (Lipinski definition) is 14. The minimum absolute atomic E-state index is 0.0836. The quantitative estimate of drug-likeness (QED) is 0.0888. The number of rotatable bonds is 18. The fourth-order valence-corrected chi connectivity index (χ4v) is 5.85.